The van der Waals surface area contributed by atoms with Crippen LogP contribution in [0.2, 0.25) is 0 Å². The van der Waals surface area contributed by atoms with E-state index in [0.717, 1.165) is 17.3 Å². The molecular formula is C13H17BrN2O3. The second kappa shape index (κ2) is 6.14. The average molecular weight is 329 g/mol. The molecule has 1 N–H and O–H groups in total. The van der Waals surface area contributed by atoms with Gasteiger partial charge in [0.15, 0.2) is 0 Å². The highest BCUT2D eigenvalue weighted by Crippen LogP contribution is 2.19. The van der Waals surface area contributed by atoms with Crippen molar-refractivity contribution in [3.05, 3.63) is 39.4 Å². The molecule has 1 aromatic carbocycles. The Morgan fingerprint density at radius 3 is 2.63 bits per heavy atom. The minimum atomic E-state index is -0.500. The molecular weight excluding hydrogens is 312 g/mol. The van der Waals surface area contributed by atoms with Crippen LogP contribution in [-0.4, -0.2) is 21.7 Å². The van der Waals surface area contributed by atoms with Crippen molar-refractivity contribution in [2.75, 3.05) is 5.33 Å². The molecule has 0 unspecified atom stereocenters. The van der Waals surface area contributed by atoms with Crippen LogP contribution in [-0.2, 0) is 0 Å². The number of carbonyl (C=O) groups is 1. The number of rotatable bonds is 5. The Bertz CT molecular complexity index is 501. The van der Waals surface area contributed by atoms with Gasteiger partial charge >= 0.3 is 0 Å². The predicted molar refractivity (Wildman–Crippen MR) is 77.8 cm³/mol. The Kier molecular flexibility index (Phi) is 5.05. The number of nitro groups is 1. The number of nitro benzene ring substituents is 1. The molecule has 0 aliphatic heterocycles. The van der Waals surface area contributed by atoms with Crippen LogP contribution in [0.5, 0.6) is 0 Å². The zero-order valence-corrected chi connectivity index (χ0v) is 12.8. The number of hydrogen-bond donors (Lipinski definition) is 1. The van der Waals surface area contributed by atoms with Crippen LogP contribution in [0, 0.1) is 17.0 Å². The van der Waals surface area contributed by atoms with E-state index in [9.17, 15) is 14.9 Å². The van der Waals surface area contributed by atoms with Crippen LogP contribution >= 0.6 is 15.9 Å². The van der Waals surface area contributed by atoms with Gasteiger partial charge in [0.1, 0.15) is 0 Å². The number of aryl methyl sites for hydroxylation is 1. The Morgan fingerprint density at radius 1 is 1.47 bits per heavy atom. The molecule has 0 saturated heterocycles. The molecule has 0 saturated carbocycles. The summed E-state index contributed by atoms with van der Waals surface area (Å²) in [6.45, 7) is 5.59. The first-order chi connectivity index (χ1) is 8.76. The smallest absolute Gasteiger partial charge is 0.270 e. The molecule has 1 aromatic rings. The number of non-ortho nitro benzene ring substituents is 1. The zero-order chi connectivity index (χ0) is 14.6. The second-order valence-corrected chi connectivity index (χ2v) is 5.83. The number of halogens is 1. The molecule has 5 nitrogen and oxygen atoms in total. The maximum absolute atomic E-state index is 12.2. The van der Waals surface area contributed by atoms with Gasteiger partial charge in [-0.2, -0.15) is 0 Å². The maximum Gasteiger partial charge on any atom is 0.270 e. The SMILES string of the molecule is Cc1ccc([N+](=O)[O-])cc1C(=O)NC(C)(C)CCBr. The van der Waals surface area contributed by atoms with E-state index in [4.69, 9.17) is 0 Å². The van der Waals surface area contributed by atoms with Gasteiger partial charge in [0.2, 0.25) is 0 Å². The van der Waals surface area contributed by atoms with Gasteiger partial charge in [-0.25, -0.2) is 0 Å². The number of nitrogens with zero attached hydrogens (tertiary/aromatic N) is 1. The molecule has 104 valence electrons. The van der Waals surface area contributed by atoms with E-state index in [-0.39, 0.29) is 17.1 Å². The minimum absolute atomic E-state index is 0.0750. The van der Waals surface area contributed by atoms with E-state index in [1.807, 2.05) is 13.8 Å². The van der Waals surface area contributed by atoms with Crippen LogP contribution < -0.4 is 5.32 Å². The number of nitrogens with one attached hydrogen (secondary N) is 1. The second-order valence-electron chi connectivity index (χ2n) is 5.03. The Hall–Kier alpha value is -1.43. The fraction of sp³-hybridized carbons (Fsp3) is 0.462. The molecule has 0 aliphatic rings. The largest absolute Gasteiger partial charge is 0.347 e. The van der Waals surface area contributed by atoms with E-state index in [2.05, 4.69) is 21.2 Å². The normalized spacial score (nSPS) is 11.2. The van der Waals surface area contributed by atoms with Gasteiger partial charge in [0, 0.05) is 28.6 Å². The summed E-state index contributed by atoms with van der Waals surface area (Å²) in [6, 6.07) is 4.30. The van der Waals surface area contributed by atoms with Crippen LogP contribution in [0.4, 0.5) is 5.69 Å². The highest BCUT2D eigenvalue weighted by Gasteiger charge is 2.22. The summed E-state index contributed by atoms with van der Waals surface area (Å²) >= 11 is 3.34. The van der Waals surface area contributed by atoms with Crippen molar-refractivity contribution in [2.45, 2.75) is 32.7 Å². The van der Waals surface area contributed by atoms with Crippen LogP contribution in [0.1, 0.15) is 36.2 Å². The quantitative estimate of drug-likeness (QED) is 0.512. The first-order valence-electron chi connectivity index (χ1n) is 5.90. The highest BCUT2D eigenvalue weighted by molar-refractivity contribution is 9.09. The summed E-state index contributed by atoms with van der Waals surface area (Å²) in [5.74, 6) is -0.285. The van der Waals surface area contributed by atoms with E-state index in [0.29, 0.717) is 5.56 Å². The van der Waals surface area contributed by atoms with Gasteiger partial charge < -0.3 is 5.32 Å². The van der Waals surface area contributed by atoms with Crippen LogP contribution in [0.15, 0.2) is 18.2 Å². The lowest BCUT2D eigenvalue weighted by Gasteiger charge is -2.25. The average Bonchev–Trinajstić information content (AvgIpc) is 2.28. The predicted octanol–water partition coefficient (Wildman–Crippen LogP) is 3.20. The zero-order valence-electron chi connectivity index (χ0n) is 11.2. The number of alkyl halides is 1. The van der Waals surface area contributed by atoms with Crippen molar-refractivity contribution in [2.24, 2.45) is 0 Å². The number of amides is 1. The van der Waals surface area contributed by atoms with Gasteiger partial charge in [0.25, 0.3) is 11.6 Å². The molecule has 0 bridgehead atoms. The molecule has 0 spiro atoms. The van der Waals surface area contributed by atoms with Crippen molar-refractivity contribution < 1.29 is 9.72 Å². The molecule has 1 rings (SSSR count). The molecule has 0 fully saturated rings. The number of carbonyl (C=O) groups excluding carboxylic acids is 1. The Labute approximate surface area is 120 Å². The molecule has 0 heterocycles. The summed E-state index contributed by atoms with van der Waals surface area (Å²) in [4.78, 5) is 22.4. The van der Waals surface area contributed by atoms with Gasteiger partial charge in [-0.3, -0.25) is 14.9 Å². The number of hydrogen-bond acceptors (Lipinski definition) is 3. The molecule has 1 amide bonds. The molecule has 0 aliphatic carbocycles. The van der Waals surface area contributed by atoms with Gasteiger partial charge in [-0.15, -0.1) is 0 Å². The fourth-order valence-corrected chi connectivity index (χ4v) is 2.63. The number of benzene rings is 1. The van der Waals surface area contributed by atoms with Crippen molar-refractivity contribution >= 4 is 27.5 Å². The Balaban J connectivity index is 2.99. The van der Waals surface area contributed by atoms with E-state index in [1.54, 1.807) is 13.0 Å². The third-order valence-corrected chi connectivity index (χ3v) is 3.24. The van der Waals surface area contributed by atoms with Crippen molar-refractivity contribution in [1.29, 1.82) is 0 Å². The minimum Gasteiger partial charge on any atom is -0.347 e. The molecule has 19 heavy (non-hydrogen) atoms. The highest BCUT2D eigenvalue weighted by atomic mass is 79.9. The summed E-state index contributed by atoms with van der Waals surface area (Å²) in [5, 5.41) is 14.4. The lowest BCUT2D eigenvalue weighted by molar-refractivity contribution is -0.384. The maximum atomic E-state index is 12.2. The van der Waals surface area contributed by atoms with Gasteiger partial charge in [-0.1, -0.05) is 22.0 Å². The molecule has 0 atom stereocenters. The monoisotopic (exact) mass is 328 g/mol. The van der Waals surface area contributed by atoms with Crippen molar-refractivity contribution in [3.63, 3.8) is 0 Å². The Morgan fingerprint density at radius 2 is 2.11 bits per heavy atom. The van der Waals surface area contributed by atoms with E-state index < -0.39 is 4.92 Å². The van der Waals surface area contributed by atoms with E-state index in [1.165, 1.54) is 12.1 Å². The topological polar surface area (TPSA) is 72.2 Å². The molecule has 0 radical (unpaired) electrons. The third kappa shape index (κ3) is 4.31. The standard InChI is InChI=1S/C13H17BrN2O3/c1-9-4-5-10(16(18)19)8-11(9)12(17)15-13(2,3)6-7-14/h4-5,8H,6-7H2,1-3H3,(H,15,17). The third-order valence-electron chi connectivity index (χ3n) is 2.85. The summed E-state index contributed by atoms with van der Waals surface area (Å²) < 4.78 is 0. The lowest BCUT2D eigenvalue weighted by Crippen LogP contribution is -2.43. The first kappa shape index (κ1) is 15.6. The molecule has 6 heteroatoms. The van der Waals surface area contributed by atoms with Crippen molar-refractivity contribution in [3.8, 4) is 0 Å². The lowest BCUT2D eigenvalue weighted by atomic mass is 10.00. The van der Waals surface area contributed by atoms with Crippen LogP contribution in [0.3, 0.4) is 0 Å². The molecule has 0 aromatic heterocycles. The van der Waals surface area contributed by atoms with Crippen molar-refractivity contribution in [1.82, 2.24) is 5.32 Å². The van der Waals surface area contributed by atoms with Gasteiger partial charge in [-0.05, 0) is 32.8 Å². The summed E-state index contributed by atoms with van der Waals surface area (Å²) in [7, 11) is 0. The van der Waals surface area contributed by atoms with E-state index >= 15 is 0 Å². The summed E-state index contributed by atoms with van der Waals surface area (Å²) in [6.07, 6.45) is 0.771. The fourth-order valence-electron chi connectivity index (χ4n) is 1.64. The summed E-state index contributed by atoms with van der Waals surface area (Å²) in [5.41, 5.74) is 0.626. The van der Waals surface area contributed by atoms with Gasteiger partial charge in [0.05, 0.1) is 4.92 Å². The first-order valence-corrected chi connectivity index (χ1v) is 7.02. The van der Waals surface area contributed by atoms with Crippen LogP contribution in [0.25, 0.3) is 0 Å².